The van der Waals surface area contributed by atoms with E-state index in [9.17, 15) is 9.59 Å². The molecule has 6 nitrogen and oxygen atoms in total. The van der Waals surface area contributed by atoms with E-state index < -0.39 is 0 Å². The summed E-state index contributed by atoms with van der Waals surface area (Å²) >= 11 is 0. The van der Waals surface area contributed by atoms with Crippen molar-refractivity contribution < 1.29 is 19.1 Å². The van der Waals surface area contributed by atoms with Crippen LogP contribution in [0.1, 0.15) is 48.5 Å². The maximum atomic E-state index is 12.2. The van der Waals surface area contributed by atoms with Gasteiger partial charge >= 0.3 is 0 Å². The Kier molecular flexibility index (Phi) is 6.78. The van der Waals surface area contributed by atoms with Gasteiger partial charge in [-0.3, -0.25) is 9.59 Å². The van der Waals surface area contributed by atoms with E-state index in [0.717, 1.165) is 35.6 Å². The molecule has 1 amide bonds. The highest BCUT2D eigenvalue weighted by Crippen LogP contribution is 2.19. The van der Waals surface area contributed by atoms with Crippen LogP contribution < -0.4 is 14.9 Å². The van der Waals surface area contributed by atoms with Gasteiger partial charge < -0.3 is 9.47 Å². The first-order valence-electron chi connectivity index (χ1n) is 9.46. The third-order valence-corrected chi connectivity index (χ3v) is 4.39. The molecule has 0 spiro atoms. The molecule has 2 aromatic carbocycles. The van der Waals surface area contributed by atoms with Crippen LogP contribution >= 0.6 is 0 Å². The smallest absolute Gasteiger partial charge is 0.271 e. The Bertz CT molecular complexity index is 842. The molecule has 28 heavy (non-hydrogen) atoms. The standard InChI is InChI=1S/C22H24N2O4/c1-2-27-20-10-12-21(13-11-20)28-15-16-6-8-17(9-7-16)22(26)24-23-18-4-3-5-19(25)14-18/h6-13H,2-5,14-15H2,1H3,(H,24,26)/b23-18+. The van der Waals surface area contributed by atoms with Gasteiger partial charge in [-0.15, -0.1) is 0 Å². The fourth-order valence-corrected chi connectivity index (χ4v) is 2.90. The fourth-order valence-electron chi connectivity index (χ4n) is 2.90. The molecule has 0 radical (unpaired) electrons. The fraction of sp³-hybridized carbons (Fsp3) is 0.318. The van der Waals surface area contributed by atoms with Crippen LogP contribution in [0.3, 0.4) is 0 Å². The highest BCUT2D eigenvalue weighted by atomic mass is 16.5. The molecule has 146 valence electrons. The van der Waals surface area contributed by atoms with Gasteiger partial charge in [-0.1, -0.05) is 12.1 Å². The zero-order valence-corrected chi connectivity index (χ0v) is 15.9. The van der Waals surface area contributed by atoms with Crippen LogP contribution in [0.5, 0.6) is 11.5 Å². The highest BCUT2D eigenvalue weighted by Gasteiger charge is 2.15. The van der Waals surface area contributed by atoms with Crippen LogP contribution in [0.15, 0.2) is 53.6 Å². The number of rotatable bonds is 7. The lowest BCUT2D eigenvalue weighted by molar-refractivity contribution is -0.118. The summed E-state index contributed by atoms with van der Waals surface area (Å²) in [4.78, 5) is 23.6. The molecule has 0 atom stereocenters. The highest BCUT2D eigenvalue weighted by molar-refractivity contribution is 6.04. The summed E-state index contributed by atoms with van der Waals surface area (Å²) < 4.78 is 11.2. The Balaban J connectivity index is 1.50. The van der Waals surface area contributed by atoms with Crippen molar-refractivity contribution in [3.05, 3.63) is 59.7 Å². The number of carbonyl (C=O) groups excluding carboxylic acids is 2. The van der Waals surface area contributed by atoms with Gasteiger partial charge in [-0.05, 0) is 61.7 Å². The number of hydrogen-bond acceptors (Lipinski definition) is 5. The topological polar surface area (TPSA) is 77.0 Å². The Hall–Kier alpha value is -3.15. The summed E-state index contributed by atoms with van der Waals surface area (Å²) in [6.07, 6.45) is 2.50. The Morgan fingerprint density at radius 2 is 1.68 bits per heavy atom. The van der Waals surface area contributed by atoms with Gasteiger partial charge in [0.2, 0.25) is 0 Å². The van der Waals surface area contributed by atoms with Crippen molar-refractivity contribution in [1.82, 2.24) is 5.43 Å². The lowest BCUT2D eigenvalue weighted by atomic mass is 9.97. The van der Waals surface area contributed by atoms with E-state index in [4.69, 9.17) is 9.47 Å². The van der Waals surface area contributed by atoms with Gasteiger partial charge in [0.1, 0.15) is 23.9 Å². The molecule has 0 aliphatic heterocycles. The lowest BCUT2D eigenvalue weighted by Crippen LogP contribution is -2.22. The van der Waals surface area contributed by atoms with Crippen molar-refractivity contribution in [2.45, 2.75) is 39.2 Å². The second-order valence-electron chi connectivity index (χ2n) is 6.58. The van der Waals surface area contributed by atoms with Gasteiger partial charge in [0, 0.05) is 24.1 Å². The minimum Gasteiger partial charge on any atom is -0.494 e. The normalized spacial score (nSPS) is 15.3. The molecule has 3 rings (SSSR count). The molecule has 0 saturated heterocycles. The SMILES string of the molecule is CCOc1ccc(OCc2ccc(C(=O)N/N=C3\CCCC(=O)C3)cc2)cc1. The first-order valence-corrected chi connectivity index (χ1v) is 9.46. The predicted molar refractivity (Wildman–Crippen MR) is 107 cm³/mol. The second kappa shape index (κ2) is 9.69. The van der Waals surface area contributed by atoms with Crippen molar-refractivity contribution in [3.63, 3.8) is 0 Å². The van der Waals surface area contributed by atoms with Crippen molar-refractivity contribution in [3.8, 4) is 11.5 Å². The Morgan fingerprint density at radius 3 is 2.32 bits per heavy atom. The van der Waals surface area contributed by atoms with Gasteiger partial charge in [0.15, 0.2) is 0 Å². The van der Waals surface area contributed by atoms with Crippen molar-refractivity contribution in [2.75, 3.05) is 6.61 Å². The zero-order valence-electron chi connectivity index (χ0n) is 15.9. The number of ether oxygens (including phenoxy) is 2. The molecule has 1 aliphatic rings. The molecule has 6 heteroatoms. The largest absolute Gasteiger partial charge is 0.494 e. The molecule has 1 N–H and O–H groups in total. The third-order valence-electron chi connectivity index (χ3n) is 4.39. The minimum atomic E-state index is -0.287. The number of nitrogens with zero attached hydrogens (tertiary/aromatic N) is 1. The quantitative estimate of drug-likeness (QED) is 0.739. The maximum Gasteiger partial charge on any atom is 0.271 e. The Labute approximate surface area is 164 Å². The molecule has 0 heterocycles. The Morgan fingerprint density at radius 1 is 1.00 bits per heavy atom. The second-order valence-corrected chi connectivity index (χ2v) is 6.58. The first kappa shape index (κ1) is 19.6. The average molecular weight is 380 g/mol. The van der Waals surface area contributed by atoms with Crippen LogP contribution in [0.25, 0.3) is 0 Å². The molecule has 2 aromatic rings. The zero-order chi connectivity index (χ0) is 19.8. The van der Waals surface area contributed by atoms with E-state index in [1.807, 2.05) is 43.3 Å². The van der Waals surface area contributed by atoms with Crippen molar-refractivity contribution >= 4 is 17.4 Å². The average Bonchev–Trinajstić information content (AvgIpc) is 2.72. The van der Waals surface area contributed by atoms with Crippen molar-refractivity contribution in [2.24, 2.45) is 5.10 Å². The van der Waals surface area contributed by atoms with Crippen LogP contribution in [0.4, 0.5) is 0 Å². The summed E-state index contributed by atoms with van der Waals surface area (Å²) in [5.41, 5.74) is 4.74. The summed E-state index contributed by atoms with van der Waals surface area (Å²) in [7, 11) is 0. The number of benzene rings is 2. The number of nitrogens with one attached hydrogen (secondary N) is 1. The van der Waals surface area contributed by atoms with E-state index in [1.165, 1.54) is 0 Å². The number of ketones is 1. The molecule has 1 fully saturated rings. The monoisotopic (exact) mass is 380 g/mol. The van der Waals surface area contributed by atoms with Gasteiger partial charge in [0.05, 0.1) is 6.61 Å². The molecule has 1 aliphatic carbocycles. The summed E-state index contributed by atoms with van der Waals surface area (Å²) in [5, 5.41) is 4.09. The third kappa shape index (κ3) is 5.67. The van der Waals surface area contributed by atoms with E-state index in [-0.39, 0.29) is 11.7 Å². The number of Topliss-reactive ketones (excluding diaryl/α,β-unsaturated/α-hetero) is 1. The molecule has 0 bridgehead atoms. The molecule has 1 saturated carbocycles. The number of carbonyl (C=O) groups is 2. The lowest BCUT2D eigenvalue weighted by Gasteiger charge is -2.11. The number of hydrazone groups is 1. The van der Waals surface area contributed by atoms with E-state index in [1.54, 1.807) is 12.1 Å². The molecule has 0 aromatic heterocycles. The molecule has 0 unspecified atom stereocenters. The van der Waals surface area contributed by atoms with E-state index in [0.29, 0.717) is 31.6 Å². The predicted octanol–water partition coefficient (Wildman–Crippen LogP) is 3.89. The van der Waals surface area contributed by atoms with E-state index >= 15 is 0 Å². The number of amides is 1. The first-order chi connectivity index (χ1) is 13.6. The van der Waals surface area contributed by atoms with Crippen LogP contribution in [0, 0.1) is 0 Å². The molecular weight excluding hydrogens is 356 g/mol. The van der Waals surface area contributed by atoms with Gasteiger partial charge in [-0.25, -0.2) is 5.43 Å². The van der Waals surface area contributed by atoms with E-state index in [2.05, 4.69) is 10.5 Å². The maximum absolute atomic E-state index is 12.2. The van der Waals surface area contributed by atoms with Crippen LogP contribution in [0.2, 0.25) is 0 Å². The van der Waals surface area contributed by atoms with Gasteiger partial charge in [0.25, 0.3) is 5.91 Å². The minimum absolute atomic E-state index is 0.177. The summed E-state index contributed by atoms with van der Waals surface area (Å²) in [6, 6.07) is 14.6. The van der Waals surface area contributed by atoms with Gasteiger partial charge in [-0.2, -0.15) is 5.10 Å². The summed E-state index contributed by atoms with van der Waals surface area (Å²) in [6.45, 7) is 2.98. The van der Waals surface area contributed by atoms with Crippen molar-refractivity contribution in [1.29, 1.82) is 0 Å². The summed E-state index contributed by atoms with van der Waals surface area (Å²) in [5.74, 6) is 1.45. The van der Waals surface area contributed by atoms with Crippen LogP contribution in [-0.2, 0) is 11.4 Å². The number of hydrogen-bond donors (Lipinski definition) is 1. The molecular formula is C22H24N2O4. The van der Waals surface area contributed by atoms with Crippen LogP contribution in [-0.4, -0.2) is 24.0 Å².